The number of likely N-dealkylation sites (N-methyl/N-ethyl adjacent to an activating group) is 1. The number of hydrogen-bond donors (Lipinski definition) is 1. The van der Waals surface area contributed by atoms with Crippen LogP contribution < -0.4 is 5.32 Å². The molecule has 25 heavy (non-hydrogen) atoms. The zero-order valence-corrected chi connectivity index (χ0v) is 14.5. The van der Waals surface area contributed by atoms with Crippen LogP contribution in [0.4, 0.5) is 0 Å². The van der Waals surface area contributed by atoms with Crippen LogP contribution >= 0.6 is 0 Å². The SMILES string of the molecule is CN1CCO[C@@H](CNCc2cnc3cnccn23)[C@@H]1c1ccnn1C. The summed E-state index contributed by atoms with van der Waals surface area (Å²) in [5, 5.41) is 7.83. The summed E-state index contributed by atoms with van der Waals surface area (Å²) in [5.74, 6) is 0. The molecule has 0 amide bonds. The van der Waals surface area contributed by atoms with E-state index in [-0.39, 0.29) is 12.1 Å². The van der Waals surface area contributed by atoms with Crippen molar-refractivity contribution < 1.29 is 4.74 Å². The lowest BCUT2D eigenvalue weighted by molar-refractivity contribution is -0.0639. The van der Waals surface area contributed by atoms with Crippen LogP contribution in [0, 0.1) is 0 Å². The molecular formula is C17H23N7O. The minimum Gasteiger partial charge on any atom is -0.374 e. The molecule has 0 aromatic carbocycles. The molecule has 0 unspecified atom stereocenters. The van der Waals surface area contributed by atoms with E-state index in [9.17, 15) is 0 Å². The Hall–Kier alpha value is -2.29. The van der Waals surface area contributed by atoms with Crippen LogP contribution in [0.3, 0.4) is 0 Å². The summed E-state index contributed by atoms with van der Waals surface area (Å²) in [6.45, 7) is 3.16. The van der Waals surface area contributed by atoms with E-state index in [2.05, 4.69) is 38.4 Å². The van der Waals surface area contributed by atoms with Gasteiger partial charge in [0.25, 0.3) is 0 Å². The summed E-state index contributed by atoms with van der Waals surface area (Å²) < 4.78 is 10.0. The van der Waals surface area contributed by atoms with Gasteiger partial charge in [-0.05, 0) is 13.1 Å². The molecule has 3 aromatic heterocycles. The number of nitrogens with zero attached hydrogens (tertiary/aromatic N) is 6. The van der Waals surface area contributed by atoms with E-state index in [4.69, 9.17) is 4.74 Å². The monoisotopic (exact) mass is 341 g/mol. The molecule has 8 nitrogen and oxygen atoms in total. The van der Waals surface area contributed by atoms with Gasteiger partial charge in [0.05, 0.1) is 42.5 Å². The lowest BCUT2D eigenvalue weighted by Crippen LogP contribution is -2.48. The van der Waals surface area contributed by atoms with E-state index < -0.39 is 0 Å². The minimum absolute atomic E-state index is 0.0787. The van der Waals surface area contributed by atoms with Gasteiger partial charge in [0.15, 0.2) is 5.65 Å². The maximum Gasteiger partial charge on any atom is 0.155 e. The molecule has 1 fully saturated rings. The number of hydrogen-bond acceptors (Lipinski definition) is 6. The smallest absolute Gasteiger partial charge is 0.155 e. The van der Waals surface area contributed by atoms with Gasteiger partial charge in [-0.1, -0.05) is 0 Å². The van der Waals surface area contributed by atoms with Gasteiger partial charge in [-0.15, -0.1) is 0 Å². The van der Waals surface area contributed by atoms with Crippen molar-refractivity contribution in [3.8, 4) is 0 Å². The van der Waals surface area contributed by atoms with Crippen molar-refractivity contribution in [3.05, 3.63) is 48.4 Å². The van der Waals surface area contributed by atoms with E-state index in [1.165, 1.54) is 5.69 Å². The third-order valence-electron chi connectivity index (χ3n) is 4.81. The molecule has 1 saturated heterocycles. The van der Waals surface area contributed by atoms with Crippen molar-refractivity contribution >= 4 is 5.65 Å². The van der Waals surface area contributed by atoms with Crippen LogP contribution in [-0.4, -0.2) is 61.9 Å². The lowest BCUT2D eigenvalue weighted by atomic mass is 10.0. The van der Waals surface area contributed by atoms with Crippen molar-refractivity contribution in [2.24, 2.45) is 7.05 Å². The van der Waals surface area contributed by atoms with Gasteiger partial charge in [0.1, 0.15) is 0 Å². The van der Waals surface area contributed by atoms with E-state index in [0.717, 1.165) is 37.6 Å². The second kappa shape index (κ2) is 6.91. The third-order valence-corrected chi connectivity index (χ3v) is 4.81. The van der Waals surface area contributed by atoms with Crippen LogP contribution in [0.25, 0.3) is 5.65 Å². The molecule has 1 N–H and O–H groups in total. The molecule has 0 bridgehead atoms. The molecule has 132 valence electrons. The summed E-state index contributed by atoms with van der Waals surface area (Å²) in [7, 11) is 4.12. The molecule has 0 spiro atoms. The highest BCUT2D eigenvalue weighted by atomic mass is 16.5. The Bertz CT molecular complexity index is 842. The van der Waals surface area contributed by atoms with E-state index >= 15 is 0 Å². The normalized spacial score (nSPS) is 21.8. The predicted molar refractivity (Wildman–Crippen MR) is 93.0 cm³/mol. The summed E-state index contributed by atoms with van der Waals surface area (Å²) in [6.07, 6.45) is 9.28. The Labute approximate surface area is 146 Å². The highest BCUT2D eigenvalue weighted by molar-refractivity contribution is 5.36. The maximum atomic E-state index is 6.07. The fourth-order valence-corrected chi connectivity index (χ4v) is 3.49. The average Bonchev–Trinajstić information content (AvgIpc) is 3.22. The van der Waals surface area contributed by atoms with Crippen LogP contribution in [0.15, 0.2) is 37.1 Å². The number of fused-ring (bicyclic) bond motifs is 1. The zero-order chi connectivity index (χ0) is 17.2. The molecule has 0 aliphatic carbocycles. The van der Waals surface area contributed by atoms with Gasteiger partial charge < -0.3 is 10.1 Å². The topological polar surface area (TPSA) is 72.5 Å². The number of imidazole rings is 1. The Morgan fingerprint density at radius 1 is 1.28 bits per heavy atom. The van der Waals surface area contributed by atoms with Gasteiger partial charge in [0.2, 0.25) is 0 Å². The Kier molecular flexibility index (Phi) is 4.48. The number of ether oxygens (including phenoxy) is 1. The van der Waals surface area contributed by atoms with E-state index in [1.54, 1.807) is 12.4 Å². The van der Waals surface area contributed by atoms with Gasteiger partial charge >= 0.3 is 0 Å². The minimum atomic E-state index is 0.0787. The van der Waals surface area contributed by atoms with Crippen molar-refractivity contribution in [2.45, 2.75) is 18.7 Å². The highest BCUT2D eigenvalue weighted by Crippen LogP contribution is 2.27. The molecule has 0 radical (unpaired) electrons. The second-order valence-corrected chi connectivity index (χ2v) is 6.40. The number of nitrogens with one attached hydrogen (secondary N) is 1. The summed E-state index contributed by atoms with van der Waals surface area (Å²) >= 11 is 0. The van der Waals surface area contributed by atoms with Crippen LogP contribution in [0.2, 0.25) is 0 Å². The summed E-state index contributed by atoms with van der Waals surface area (Å²) in [5.41, 5.74) is 3.15. The Morgan fingerprint density at radius 3 is 3.04 bits per heavy atom. The molecule has 3 aromatic rings. The number of aromatic nitrogens is 5. The zero-order valence-electron chi connectivity index (χ0n) is 14.5. The van der Waals surface area contributed by atoms with E-state index in [1.807, 2.05) is 34.7 Å². The van der Waals surface area contributed by atoms with Crippen molar-refractivity contribution in [2.75, 3.05) is 26.7 Å². The van der Waals surface area contributed by atoms with Gasteiger partial charge in [0, 0.05) is 45.3 Å². The Balaban J connectivity index is 1.44. The lowest BCUT2D eigenvalue weighted by Gasteiger charge is -2.39. The first-order valence-corrected chi connectivity index (χ1v) is 8.50. The molecule has 1 aliphatic rings. The van der Waals surface area contributed by atoms with Crippen molar-refractivity contribution in [1.29, 1.82) is 0 Å². The molecule has 4 rings (SSSR count). The Morgan fingerprint density at radius 2 is 2.20 bits per heavy atom. The van der Waals surface area contributed by atoms with E-state index in [0.29, 0.717) is 0 Å². The largest absolute Gasteiger partial charge is 0.374 e. The molecule has 1 aliphatic heterocycles. The van der Waals surface area contributed by atoms with Gasteiger partial charge in [-0.25, -0.2) is 4.98 Å². The molecule has 4 heterocycles. The van der Waals surface area contributed by atoms with Crippen molar-refractivity contribution in [3.63, 3.8) is 0 Å². The van der Waals surface area contributed by atoms with Crippen molar-refractivity contribution in [1.82, 2.24) is 34.4 Å². The van der Waals surface area contributed by atoms with Gasteiger partial charge in [-0.2, -0.15) is 5.10 Å². The fraction of sp³-hybridized carbons (Fsp3) is 0.471. The van der Waals surface area contributed by atoms with Crippen LogP contribution in [0.1, 0.15) is 17.4 Å². The highest BCUT2D eigenvalue weighted by Gasteiger charge is 2.33. The number of morpholine rings is 1. The van der Waals surface area contributed by atoms with Crippen LogP contribution in [0.5, 0.6) is 0 Å². The average molecular weight is 341 g/mol. The molecule has 2 atom stereocenters. The molecule has 8 heteroatoms. The summed E-state index contributed by atoms with van der Waals surface area (Å²) in [4.78, 5) is 10.8. The molecule has 0 saturated carbocycles. The predicted octanol–water partition coefficient (Wildman–Crippen LogP) is 0.624. The number of rotatable bonds is 5. The maximum absolute atomic E-state index is 6.07. The third kappa shape index (κ3) is 3.15. The quantitative estimate of drug-likeness (QED) is 0.734. The first-order valence-electron chi connectivity index (χ1n) is 8.50. The standard InChI is InChI=1S/C17H23N7O/c1-22-7-8-25-15(17(22)14-3-4-21-23(14)2)11-19-9-13-10-20-16-12-18-5-6-24(13)16/h3-6,10,12,15,17,19H,7-9,11H2,1-2H3/t15-,17-/m0/s1. The number of aryl methyl sites for hydroxylation is 1. The van der Waals surface area contributed by atoms with Crippen LogP contribution in [-0.2, 0) is 18.3 Å². The second-order valence-electron chi connectivity index (χ2n) is 6.40. The fourth-order valence-electron chi connectivity index (χ4n) is 3.49. The first-order chi connectivity index (χ1) is 12.2. The summed E-state index contributed by atoms with van der Waals surface area (Å²) in [6, 6.07) is 2.26. The first kappa shape index (κ1) is 16.2. The van der Waals surface area contributed by atoms with Gasteiger partial charge in [-0.3, -0.25) is 19.0 Å². The molecular weight excluding hydrogens is 318 g/mol.